The van der Waals surface area contributed by atoms with E-state index in [-0.39, 0.29) is 13.2 Å². The van der Waals surface area contributed by atoms with Crippen LogP contribution in [0.4, 0.5) is 5.69 Å². The first-order chi connectivity index (χ1) is 9.26. The number of imidazole rings is 1. The molecule has 0 amide bonds. The zero-order chi connectivity index (χ0) is 13.7. The number of nitrogens with zero attached hydrogens (tertiary/aromatic N) is 2. The minimum atomic E-state index is -0.0735. The highest BCUT2D eigenvalue weighted by Gasteiger charge is 2.09. The van der Waals surface area contributed by atoms with Crippen LogP contribution in [0.15, 0.2) is 18.2 Å². The van der Waals surface area contributed by atoms with Crippen LogP contribution in [-0.2, 0) is 13.2 Å². The lowest BCUT2D eigenvalue weighted by Crippen LogP contribution is -2.06. The largest absolute Gasteiger partial charge is 0.399 e. The molecule has 5 nitrogen and oxygen atoms in total. The topological polar surface area (TPSA) is 84.3 Å². The highest BCUT2D eigenvalue weighted by atomic mass is 32.2. The van der Waals surface area contributed by atoms with Gasteiger partial charge in [0.25, 0.3) is 0 Å². The number of anilines is 1. The van der Waals surface area contributed by atoms with Crippen LogP contribution >= 0.6 is 11.8 Å². The van der Waals surface area contributed by atoms with Gasteiger partial charge in [0.15, 0.2) is 0 Å². The summed E-state index contributed by atoms with van der Waals surface area (Å²) in [6.45, 7) is 0.963. The van der Waals surface area contributed by atoms with E-state index in [9.17, 15) is 5.11 Å². The van der Waals surface area contributed by atoms with Gasteiger partial charge in [0.05, 0.1) is 11.0 Å². The molecule has 1 aromatic carbocycles. The number of nitrogen functional groups attached to an aromatic ring is 1. The van der Waals surface area contributed by atoms with E-state index in [0.29, 0.717) is 11.5 Å². The summed E-state index contributed by atoms with van der Waals surface area (Å²) in [7, 11) is 0. The van der Waals surface area contributed by atoms with Gasteiger partial charge in [-0.25, -0.2) is 4.98 Å². The number of aryl methyl sites for hydroxylation is 1. The van der Waals surface area contributed by atoms with E-state index in [1.807, 2.05) is 22.8 Å². The minimum Gasteiger partial charge on any atom is -0.399 e. The zero-order valence-corrected chi connectivity index (χ0v) is 11.6. The number of aliphatic hydroxyl groups excluding tert-OH is 2. The predicted molar refractivity (Wildman–Crippen MR) is 79.1 cm³/mol. The van der Waals surface area contributed by atoms with Crippen molar-refractivity contribution in [3.63, 3.8) is 0 Å². The van der Waals surface area contributed by atoms with Crippen molar-refractivity contribution >= 4 is 28.5 Å². The van der Waals surface area contributed by atoms with Crippen LogP contribution in [0, 0.1) is 0 Å². The van der Waals surface area contributed by atoms with Gasteiger partial charge in [0.1, 0.15) is 12.4 Å². The van der Waals surface area contributed by atoms with Crippen molar-refractivity contribution in [3.8, 4) is 0 Å². The first kappa shape index (κ1) is 14.2. The van der Waals surface area contributed by atoms with Crippen molar-refractivity contribution in [2.75, 3.05) is 23.8 Å². The third-order valence-electron chi connectivity index (χ3n) is 2.90. The molecule has 2 aromatic rings. The van der Waals surface area contributed by atoms with Crippen LogP contribution in [0.25, 0.3) is 11.0 Å². The molecule has 0 spiro atoms. The second-order valence-corrected chi connectivity index (χ2v) is 5.50. The molecule has 4 N–H and O–H groups in total. The van der Waals surface area contributed by atoms with Crippen LogP contribution in [0.2, 0.25) is 0 Å². The quantitative estimate of drug-likeness (QED) is 0.525. The summed E-state index contributed by atoms with van der Waals surface area (Å²) in [5, 5.41) is 18.1. The molecular formula is C13H19N3O2S. The highest BCUT2D eigenvalue weighted by Crippen LogP contribution is 2.20. The van der Waals surface area contributed by atoms with Gasteiger partial charge in [-0.2, -0.15) is 11.8 Å². The van der Waals surface area contributed by atoms with Gasteiger partial charge in [0, 0.05) is 24.6 Å². The van der Waals surface area contributed by atoms with E-state index in [2.05, 4.69) is 4.98 Å². The Kier molecular flexibility index (Phi) is 5.07. The van der Waals surface area contributed by atoms with Crippen LogP contribution in [0.1, 0.15) is 12.2 Å². The van der Waals surface area contributed by atoms with Crippen LogP contribution < -0.4 is 5.73 Å². The molecule has 0 saturated heterocycles. The second-order valence-electron chi connectivity index (χ2n) is 4.28. The number of fused-ring (bicyclic) bond motifs is 1. The normalized spacial score (nSPS) is 11.3. The van der Waals surface area contributed by atoms with Crippen molar-refractivity contribution < 1.29 is 10.2 Å². The van der Waals surface area contributed by atoms with Gasteiger partial charge in [0.2, 0.25) is 0 Å². The Morgan fingerprint density at radius 3 is 2.84 bits per heavy atom. The summed E-state index contributed by atoms with van der Waals surface area (Å²) >= 11 is 1.79. The molecule has 0 atom stereocenters. The Morgan fingerprint density at radius 1 is 1.26 bits per heavy atom. The molecule has 0 aliphatic heterocycles. The average molecular weight is 281 g/mol. The predicted octanol–water partition coefficient (Wildman–Crippen LogP) is 1.23. The molecule has 0 saturated carbocycles. The fourth-order valence-electron chi connectivity index (χ4n) is 1.99. The standard InChI is InChI=1S/C13H19N3O2S/c14-10-2-3-12-11(8-10)15-13(9-18)16(12)4-7-19-6-1-5-17/h2-3,8,17-18H,1,4-7,9,14H2. The number of benzene rings is 1. The lowest BCUT2D eigenvalue weighted by molar-refractivity contribution is 0.266. The Labute approximate surface area is 116 Å². The maximum atomic E-state index is 9.38. The van der Waals surface area contributed by atoms with E-state index in [0.717, 1.165) is 35.5 Å². The van der Waals surface area contributed by atoms with Crippen LogP contribution in [0.3, 0.4) is 0 Å². The van der Waals surface area contributed by atoms with Crippen molar-refractivity contribution in [1.82, 2.24) is 9.55 Å². The smallest absolute Gasteiger partial charge is 0.135 e. The Bertz CT molecular complexity index is 542. The number of nitrogens with two attached hydrogens (primary N) is 1. The first-order valence-corrected chi connectivity index (χ1v) is 7.46. The molecule has 0 unspecified atom stereocenters. The van der Waals surface area contributed by atoms with Gasteiger partial charge in [-0.05, 0) is 30.4 Å². The minimum absolute atomic E-state index is 0.0735. The zero-order valence-electron chi connectivity index (χ0n) is 10.7. The second kappa shape index (κ2) is 6.79. The van der Waals surface area contributed by atoms with Gasteiger partial charge < -0.3 is 20.5 Å². The number of hydrogen-bond donors (Lipinski definition) is 3. The number of thioether (sulfide) groups is 1. The van der Waals surface area contributed by atoms with Crippen molar-refractivity contribution in [1.29, 1.82) is 0 Å². The van der Waals surface area contributed by atoms with Crippen molar-refractivity contribution in [2.45, 2.75) is 19.6 Å². The van der Waals surface area contributed by atoms with Crippen molar-refractivity contribution in [3.05, 3.63) is 24.0 Å². The number of hydrogen-bond acceptors (Lipinski definition) is 5. The van der Waals surface area contributed by atoms with Gasteiger partial charge >= 0.3 is 0 Å². The molecule has 1 aromatic heterocycles. The Hall–Kier alpha value is -1.24. The van der Waals surface area contributed by atoms with Crippen molar-refractivity contribution in [2.24, 2.45) is 0 Å². The highest BCUT2D eigenvalue weighted by molar-refractivity contribution is 7.99. The van der Waals surface area contributed by atoms with Gasteiger partial charge in [-0.1, -0.05) is 0 Å². The number of aliphatic hydroxyl groups is 2. The maximum absolute atomic E-state index is 9.38. The van der Waals surface area contributed by atoms with E-state index >= 15 is 0 Å². The summed E-state index contributed by atoms with van der Waals surface area (Å²) in [6.07, 6.45) is 0.818. The van der Waals surface area contributed by atoms with Crippen LogP contribution in [-0.4, -0.2) is 37.9 Å². The fourth-order valence-corrected chi connectivity index (χ4v) is 2.84. The third-order valence-corrected chi connectivity index (χ3v) is 3.95. The monoisotopic (exact) mass is 281 g/mol. The lowest BCUT2D eigenvalue weighted by atomic mass is 10.3. The summed E-state index contributed by atoms with van der Waals surface area (Å²) in [5.74, 6) is 2.55. The Morgan fingerprint density at radius 2 is 2.11 bits per heavy atom. The average Bonchev–Trinajstić information content (AvgIpc) is 2.75. The third kappa shape index (κ3) is 3.40. The molecule has 104 valence electrons. The lowest BCUT2D eigenvalue weighted by Gasteiger charge is -2.07. The summed E-state index contributed by atoms with van der Waals surface area (Å²) < 4.78 is 2.03. The number of rotatable bonds is 7. The molecular weight excluding hydrogens is 262 g/mol. The van der Waals surface area contributed by atoms with E-state index in [1.54, 1.807) is 11.8 Å². The van der Waals surface area contributed by atoms with E-state index in [4.69, 9.17) is 10.8 Å². The molecule has 19 heavy (non-hydrogen) atoms. The van der Waals surface area contributed by atoms with E-state index < -0.39 is 0 Å². The molecule has 0 fully saturated rings. The van der Waals surface area contributed by atoms with Crippen LogP contribution in [0.5, 0.6) is 0 Å². The first-order valence-electron chi connectivity index (χ1n) is 6.30. The molecule has 2 rings (SSSR count). The summed E-state index contributed by atoms with van der Waals surface area (Å²) in [6, 6.07) is 5.61. The van der Waals surface area contributed by atoms with E-state index in [1.165, 1.54) is 0 Å². The fraction of sp³-hybridized carbons (Fsp3) is 0.462. The van der Waals surface area contributed by atoms with Gasteiger partial charge in [-0.3, -0.25) is 0 Å². The summed E-state index contributed by atoms with van der Waals surface area (Å²) in [5.41, 5.74) is 8.24. The van der Waals surface area contributed by atoms with Gasteiger partial charge in [-0.15, -0.1) is 0 Å². The Balaban J connectivity index is 2.11. The summed E-state index contributed by atoms with van der Waals surface area (Å²) in [4.78, 5) is 4.39. The SMILES string of the molecule is Nc1ccc2c(c1)nc(CO)n2CCSCCCO. The molecule has 0 radical (unpaired) electrons. The number of aromatic nitrogens is 2. The molecule has 0 aliphatic rings. The molecule has 6 heteroatoms. The molecule has 0 bridgehead atoms. The molecule has 0 aliphatic carbocycles. The molecule has 1 heterocycles. The maximum Gasteiger partial charge on any atom is 0.135 e.